The van der Waals surface area contributed by atoms with Crippen LogP contribution in [-0.2, 0) is 0 Å². The fourth-order valence-corrected chi connectivity index (χ4v) is 3.75. The molecule has 0 radical (unpaired) electrons. The highest BCUT2D eigenvalue weighted by atomic mass is 35.5. The highest BCUT2D eigenvalue weighted by Crippen LogP contribution is 2.26. The second kappa shape index (κ2) is 10.5. The number of hydrogen-bond donors (Lipinski definition) is 3. The molecule has 0 fully saturated rings. The standard InChI is InChI=1S/C21H24N2O2S.ClH/c1-15(20(25)17-10-6-3-7-11-17)22-13-12-19(24)21-23-18(14-26-21)16-8-4-2-5-9-16;/h2-11,14-15,19-20,22,24-25H,12-13H2,1H3;1H. The van der Waals surface area contributed by atoms with E-state index < -0.39 is 12.2 Å². The molecule has 0 saturated carbocycles. The molecule has 1 heterocycles. The lowest BCUT2D eigenvalue weighted by Crippen LogP contribution is -3.00. The van der Waals surface area contributed by atoms with Gasteiger partial charge in [0.2, 0.25) is 0 Å². The van der Waals surface area contributed by atoms with Crippen molar-refractivity contribution in [2.75, 3.05) is 6.54 Å². The fourth-order valence-electron chi connectivity index (χ4n) is 2.91. The monoisotopic (exact) mass is 404 g/mol. The molecular weight excluding hydrogens is 380 g/mol. The molecule has 4 N–H and O–H groups in total. The van der Waals surface area contributed by atoms with Crippen LogP contribution in [-0.4, -0.2) is 27.8 Å². The van der Waals surface area contributed by atoms with Crippen LogP contribution in [0.3, 0.4) is 0 Å². The molecule has 3 atom stereocenters. The minimum Gasteiger partial charge on any atom is -1.00 e. The molecule has 0 spiro atoms. The van der Waals surface area contributed by atoms with E-state index in [4.69, 9.17) is 0 Å². The molecule has 144 valence electrons. The first-order valence-corrected chi connectivity index (χ1v) is 9.78. The lowest BCUT2D eigenvalue weighted by atomic mass is 10.0. The van der Waals surface area contributed by atoms with E-state index in [0.717, 1.165) is 28.4 Å². The third-order valence-corrected chi connectivity index (χ3v) is 5.44. The molecule has 0 bridgehead atoms. The van der Waals surface area contributed by atoms with Crippen molar-refractivity contribution < 1.29 is 27.9 Å². The van der Waals surface area contributed by atoms with Crippen LogP contribution in [0.5, 0.6) is 0 Å². The largest absolute Gasteiger partial charge is 1.00 e. The number of nitrogens with two attached hydrogens (primary N) is 1. The summed E-state index contributed by atoms with van der Waals surface area (Å²) in [6.07, 6.45) is -0.485. The maximum atomic E-state index is 10.4. The Kier molecular flexibility index (Phi) is 8.41. The minimum atomic E-state index is -0.574. The van der Waals surface area contributed by atoms with Crippen LogP contribution in [0.25, 0.3) is 11.3 Å². The third kappa shape index (κ3) is 5.86. The number of benzene rings is 2. The molecular formula is C21H25ClN2O2S. The maximum absolute atomic E-state index is 10.4. The zero-order valence-electron chi connectivity index (χ0n) is 15.2. The summed E-state index contributed by atoms with van der Waals surface area (Å²) in [5.41, 5.74) is 2.89. The molecule has 0 aliphatic carbocycles. The van der Waals surface area contributed by atoms with Crippen molar-refractivity contribution in [1.82, 2.24) is 4.98 Å². The predicted molar refractivity (Wildman–Crippen MR) is 105 cm³/mol. The number of thiazole rings is 1. The summed E-state index contributed by atoms with van der Waals surface area (Å²) in [4.78, 5) is 4.57. The average molecular weight is 405 g/mol. The lowest BCUT2D eigenvalue weighted by molar-refractivity contribution is -0.695. The van der Waals surface area contributed by atoms with Crippen LogP contribution in [0.2, 0.25) is 0 Å². The van der Waals surface area contributed by atoms with Crippen molar-refractivity contribution >= 4 is 11.3 Å². The van der Waals surface area contributed by atoms with Crippen molar-refractivity contribution in [1.29, 1.82) is 0 Å². The first-order chi connectivity index (χ1) is 12.6. The smallest absolute Gasteiger partial charge is 0.130 e. The van der Waals surface area contributed by atoms with Crippen molar-refractivity contribution in [2.45, 2.75) is 31.6 Å². The molecule has 0 saturated heterocycles. The molecule has 0 amide bonds. The Morgan fingerprint density at radius 2 is 1.63 bits per heavy atom. The molecule has 3 unspecified atom stereocenters. The van der Waals surface area contributed by atoms with E-state index in [0.29, 0.717) is 6.42 Å². The maximum Gasteiger partial charge on any atom is 0.130 e. The van der Waals surface area contributed by atoms with Crippen LogP contribution >= 0.6 is 11.3 Å². The summed E-state index contributed by atoms with van der Waals surface area (Å²) in [7, 11) is 0. The molecule has 1 aromatic heterocycles. The quantitative estimate of drug-likeness (QED) is 0.492. The second-order valence-electron chi connectivity index (χ2n) is 6.48. The third-order valence-electron chi connectivity index (χ3n) is 4.49. The van der Waals surface area contributed by atoms with Crippen molar-refractivity contribution in [3.8, 4) is 11.3 Å². The van der Waals surface area contributed by atoms with Crippen LogP contribution in [0, 0.1) is 0 Å². The molecule has 2 aromatic carbocycles. The minimum absolute atomic E-state index is 0. The number of nitrogens with zero attached hydrogens (tertiary/aromatic N) is 1. The highest BCUT2D eigenvalue weighted by Gasteiger charge is 2.20. The van der Waals surface area contributed by atoms with Gasteiger partial charge in [0.15, 0.2) is 0 Å². The van der Waals surface area contributed by atoms with Gasteiger partial charge in [0.1, 0.15) is 23.3 Å². The number of aliphatic hydroxyl groups is 2. The summed E-state index contributed by atoms with van der Waals surface area (Å²) < 4.78 is 0. The molecule has 0 aliphatic rings. The van der Waals surface area contributed by atoms with E-state index in [-0.39, 0.29) is 18.4 Å². The van der Waals surface area contributed by atoms with Gasteiger partial charge in [0, 0.05) is 17.4 Å². The Labute approximate surface area is 170 Å². The van der Waals surface area contributed by atoms with Crippen molar-refractivity contribution in [2.24, 2.45) is 0 Å². The number of halogens is 1. The van der Waals surface area contributed by atoms with Gasteiger partial charge in [-0.25, -0.2) is 4.98 Å². The Bertz CT molecular complexity index is 798. The molecule has 3 aromatic rings. The van der Waals surface area contributed by atoms with E-state index in [1.807, 2.05) is 73.0 Å². The van der Waals surface area contributed by atoms with Gasteiger partial charge in [-0.15, -0.1) is 11.3 Å². The Morgan fingerprint density at radius 1 is 1.00 bits per heavy atom. The highest BCUT2D eigenvalue weighted by molar-refractivity contribution is 7.10. The average Bonchev–Trinajstić information content (AvgIpc) is 3.19. The van der Waals surface area contributed by atoms with Crippen molar-refractivity contribution in [3.05, 3.63) is 76.6 Å². The number of quaternary nitrogens is 1. The van der Waals surface area contributed by atoms with E-state index in [2.05, 4.69) is 10.3 Å². The summed E-state index contributed by atoms with van der Waals surface area (Å²) >= 11 is 1.49. The van der Waals surface area contributed by atoms with Crippen LogP contribution < -0.4 is 17.7 Å². The van der Waals surface area contributed by atoms with Crippen molar-refractivity contribution in [3.63, 3.8) is 0 Å². The van der Waals surface area contributed by atoms with Gasteiger partial charge in [-0.2, -0.15) is 0 Å². The number of aliphatic hydroxyl groups excluding tert-OH is 2. The Hall–Kier alpha value is -1.76. The number of aromatic nitrogens is 1. The first-order valence-electron chi connectivity index (χ1n) is 8.90. The van der Waals surface area contributed by atoms with E-state index >= 15 is 0 Å². The lowest BCUT2D eigenvalue weighted by Gasteiger charge is -2.18. The first kappa shape index (κ1) is 21.5. The number of hydrogen-bond acceptors (Lipinski definition) is 4. The zero-order valence-corrected chi connectivity index (χ0v) is 16.8. The Balaban J connectivity index is 0.00000261. The van der Waals surface area contributed by atoms with Crippen LogP contribution in [0.4, 0.5) is 0 Å². The molecule has 4 nitrogen and oxygen atoms in total. The van der Waals surface area contributed by atoms with Gasteiger partial charge in [-0.3, -0.25) is 0 Å². The topological polar surface area (TPSA) is 70.0 Å². The second-order valence-corrected chi connectivity index (χ2v) is 7.37. The van der Waals surface area contributed by atoms with Gasteiger partial charge in [-0.1, -0.05) is 60.7 Å². The van der Waals surface area contributed by atoms with Gasteiger partial charge >= 0.3 is 0 Å². The van der Waals surface area contributed by atoms with Gasteiger partial charge < -0.3 is 27.9 Å². The SMILES string of the molecule is CC([NH2+]CCC(O)c1nc(-c2ccccc2)cs1)C(O)c1ccccc1.[Cl-]. The summed E-state index contributed by atoms with van der Waals surface area (Å²) in [6.45, 7) is 2.73. The van der Waals surface area contributed by atoms with E-state index in [9.17, 15) is 10.2 Å². The number of rotatable bonds is 8. The van der Waals surface area contributed by atoms with E-state index in [1.165, 1.54) is 11.3 Å². The molecule has 27 heavy (non-hydrogen) atoms. The summed E-state index contributed by atoms with van der Waals surface area (Å²) in [5.74, 6) is 0. The molecule has 0 aliphatic heterocycles. The van der Waals surface area contributed by atoms with Gasteiger partial charge in [-0.05, 0) is 12.5 Å². The zero-order chi connectivity index (χ0) is 18.4. The van der Waals surface area contributed by atoms with Gasteiger partial charge in [0.25, 0.3) is 0 Å². The summed E-state index contributed by atoms with van der Waals surface area (Å²) in [5, 5.41) is 25.6. The normalized spacial score (nSPS) is 14.2. The molecule has 6 heteroatoms. The summed E-state index contributed by atoms with van der Waals surface area (Å²) in [6, 6.07) is 19.7. The molecule has 3 rings (SSSR count). The van der Waals surface area contributed by atoms with Crippen LogP contribution in [0.1, 0.15) is 36.1 Å². The Morgan fingerprint density at radius 3 is 2.30 bits per heavy atom. The van der Waals surface area contributed by atoms with Gasteiger partial charge in [0.05, 0.1) is 12.2 Å². The predicted octanol–water partition coefficient (Wildman–Crippen LogP) is -0.0769. The van der Waals surface area contributed by atoms with E-state index in [1.54, 1.807) is 0 Å². The fraction of sp³-hybridized carbons (Fsp3) is 0.286. The van der Waals surface area contributed by atoms with Crippen LogP contribution in [0.15, 0.2) is 66.0 Å².